The lowest BCUT2D eigenvalue weighted by Crippen LogP contribution is -2.52. The van der Waals surface area contributed by atoms with Gasteiger partial charge in [0.25, 0.3) is 0 Å². The van der Waals surface area contributed by atoms with Gasteiger partial charge in [-0.05, 0) is 128 Å². The lowest BCUT2D eigenvalue weighted by molar-refractivity contribution is 0.0519. The third-order valence-electron chi connectivity index (χ3n) is 12.3. The number of primary sulfonamides is 1. The number of carboxylic acids is 1. The highest BCUT2D eigenvalue weighted by molar-refractivity contribution is 7.89. The summed E-state index contributed by atoms with van der Waals surface area (Å²) in [5.41, 5.74) is 3.38. The molecule has 0 radical (unpaired) electrons. The maximum atomic E-state index is 12.1. The van der Waals surface area contributed by atoms with Crippen LogP contribution in [0, 0.1) is 23.7 Å². The third-order valence-corrected chi connectivity index (χ3v) is 17.9. The van der Waals surface area contributed by atoms with Crippen LogP contribution in [-0.4, -0.2) is 59.4 Å². The fourth-order valence-corrected chi connectivity index (χ4v) is 10.7. The van der Waals surface area contributed by atoms with Crippen LogP contribution in [0.15, 0.2) is 48.6 Å². The minimum absolute atomic E-state index is 0.0215. The van der Waals surface area contributed by atoms with Crippen LogP contribution in [-0.2, 0) is 26.3 Å². The van der Waals surface area contributed by atoms with Crippen molar-refractivity contribution in [2.45, 2.75) is 95.4 Å². The number of ether oxygens (including phenoxy) is 1. The average Bonchev–Trinajstić information content (AvgIpc) is 3.13. The van der Waals surface area contributed by atoms with Crippen molar-refractivity contribution in [3.63, 3.8) is 0 Å². The summed E-state index contributed by atoms with van der Waals surface area (Å²) in [5, 5.41) is 16.1. The molecule has 0 saturated heterocycles. The number of hydrogen-bond donors (Lipinski definition) is 2. The fraction of sp³-hybridized carbons (Fsp3) is 0.605. The van der Waals surface area contributed by atoms with E-state index < -0.39 is 24.3 Å². The maximum Gasteiger partial charge on any atom is 0.335 e. The van der Waals surface area contributed by atoms with Crippen molar-refractivity contribution in [3.8, 4) is 5.75 Å². The zero-order valence-electron chi connectivity index (χ0n) is 29.6. The summed E-state index contributed by atoms with van der Waals surface area (Å²) < 4.78 is 37.5. The minimum atomic E-state index is -3.52. The Morgan fingerprint density at radius 2 is 1.92 bits per heavy atom. The van der Waals surface area contributed by atoms with E-state index in [2.05, 4.69) is 63.0 Å². The van der Waals surface area contributed by atoms with Crippen molar-refractivity contribution < 1.29 is 27.5 Å². The molecular weight excluding hydrogens is 676 g/mol. The Kier molecular flexibility index (Phi) is 10.1. The van der Waals surface area contributed by atoms with E-state index in [4.69, 9.17) is 25.9 Å². The molecule has 8 nitrogen and oxygen atoms in total. The quantitative estimate of drug-likeness (QED) is 0.189. The molecule has 0 bridgehead atoms. The minimum Gasteiger partial charge on any atom is -0.490 e. The lowest BCUT2D eigenvalue weighted by Gasteiger charge is -2.48. The number of nitrogens with zero attached hydrogens (tertiary/aromatic N) is 1. The van der Waals surface area contributed by atoms with Gasteiger partial charge in [-0.3, -0.25) is 0 Å². The first-order valence-electron chi connectivity index (χ1n) is 17.9. The van der Waals surface area contributed by atoms with Gasteiger partial charge in [-0.25, -0.2) is 18.4 Å². The SMILES string of the molecule is CC(C)(C)[Si](C)(C)OC(/C=C/[C@@H]1CC[C@H]1CS(N)(=O)=O)[C@@H]1CC[C@H]1CN1C[C@@]2(CCCc3cc(Cl)ccc32)COc2ccc(C(=O)O)cc21. The van der Waals surface area contributed by atoms with E-state index in [1.165, 1.54) is 11.1 Å². The summed E-state index contributed by atoms with van der Waals surface area (Å²) in [7, 11) is -5.68. The molecule has 0 amide bonds. The fourth-order valence-electron chi connectivity index (χ4n) is 8.18. The predicted octanol–water partition coefficient (Wildman–Crippen LogP) is 7.80. The van der Waals surface area contributed by atoms with E-state index in [0.717, 1.165) is 74.5 Å². The van der Waals surface area contributed by atoms with Crippen LogP contribution < -0.4 is 14.8 Å². The largest absolute Gasteiger partial charge is 0.490 e. The standard InChI is InChI=1S/C38H53ClN2O6SSi/c1-37(2,3)49(4,5)47-34(16-11-25-8-9-29(25)22-48(40,44)45)31-14-10-28(31)21-41-23-38(18-6-7-26-19-30(39)13-15-32(26)38)24-46-35-17-12-27(36(42)43)20-33(35)41/h11-13,15-17,19-20,25,28-29,31,34H,6-10,14,18,21-24H2,1-5H3,(H,42,43)(H2,40,44,45)/b16-11+/t25-,28-,29-,31+,34?,38-/m0/s1. The van der Waals surface area contributed by atoms with Crippen LogP contribution in [0.4, 0.5) is 5.69 Å². The second kappa shape index (κ2) is 13.6. The van der Waals surface area contributed by atoms with E-state index in [-0.39, 0.29) is 45.6 Å². The highest BCUT2D eigenvalue weighted by Crippen LogP contribution is 2.48. The first-order valence-corrected chi connectivity index (χ1v) is 22.9. The number of halogens is 1. The van der Waals surface area contributed by atoms with Crippen LogP contribution in [0.25, 0.3) is 0 Å². The Labute approximate surface area is 298 Å². The number of allylic oxidation sites excluding steroid dienone is 1. The average molecular weight is 729 g/mol. The molecule has 0 aromatic heterocycles. The molecule has 1 aliphatic heterocycles. The Morgan fingerprint density at radius 1 is 1.16 bits per heavy atom. The van der Waals surface area contributed by atoms with E-state index >= 15 is 0 Å². The lowest BCUT2D eigenvalue weighted by atomic mass is 9.68. The molecule has 2 saturated carbocycles. The van der Waals surface area contributed by atoms with Crippen LogP contribution >= 0.6 is 11.6 Å². The molecule has 3 N–H and O–H groups in total. The molecule has 3 aliphatic carbocycles. The van der Waals surface area contributed by atoms with Gasteiger partial charge in [-0.15, -0.1) is 0 Å². The predicted molar refractivity (Wildman–Crippen MR) is 199 cm³/mol. The van der Waals surface area contributed by atoms with Crippen LogP contribution in [0.5, 0.6) is 5.75 Å². The summed E-state index contributed by atoms with van der Waals surface area (Å²) >= 11 is 6.45. The number of carboxylic acid groups (broad SMARTS) is 1. The van der Waals surface area contributed by atoms with E-state index in [0.29, 0.717) is 12.5 Å². The van der Waals surface area contributed by atoms with E-state index in [1.54, 1.807) is 12.1 Å². The summed E-state index contributed by atoms with van der Waals surface area (Å²) in [6.45, 7) is 13.4. The van der Waals surface area contributed by atoms with Crippen molar-refractivity contribution in [1.29, 1.82) is 0 Å². The smallest absolute Gasteiger partial charge is 0.335 e. The Balaban J connectivity index is 1.31. The second-order valence-electron chi connectivity index (χ2n) is 16.7. The highest BCUT2D eigenvalue weighted by atomic mass is 35.5. The van der Waals surface area contributed by atoms with Gasteiger partial charge in [0.1, 0.15) is 5.75 Å². The molecular formula is C38H53ClN2O6SSi. The first-order chi connectivity index (χ1) is 22.9. The van der Waals surface area contributed by atoms with E-state index in [9.17, 15) is 18.3 Å². The van der Waals surface area contributed by atoms with Crippen molar-refractivity contribution in [3.05, 3.63) is 70.3 Å². The molecule has 1 unspecified atom stereocenters. The Morgan fingerprint density at radius 3 is 2.55 bits per heavy atom. The normalized spacial score (nSPS) is 27.8. The van der Waals surface area contributed by atoms with Gasteiger partial charge in [0.15, 0.2) is 8.32 Å². The first kappa shape index (κ1) is 36.4. The number of carbonyl (C=O) groups is 1. The number of aryl methyl sites for hydroxylation is 1. The van der Waals surface area contributed by atoms with Gasteiger partial charge >= 0.3 is 5.97 Å². The number of rotatable bonds is 10. The van der Waals surface area contributed by atoms with Crippen molar-refractivity contribution >= 4 is 41.6 Å². The molecule has 2 aromatic carbocycles. The van der Waals surface area contributed by atoms with Crippen LogP contribution in [0.3, 0.4) is 0 Å². The molecule has 268 valence electrons. The zero-order chi connectivity index (χ0) is 35.4. The molecule has 2 fully saturated rings. The number of anilines is 1. The van der Waals surface area contributed by atoms with Crippen molar-refractivity contribution in [2.24, 2.45) is 28.8 Å². The number of aromatic carboxylic acids is 1. The van der Waals surface area contributed by atoms with Gasteiger partial charge in [0.2, 0.25) is 10.0 Å². The molecule has 1 spiro atoms. The van der Waals surface area contributed by atoms with Crippen LogP contribution in [0.2, 0.25) is 23.2 Å². The zero-order valence-corrected chi connectivity index (χ0v) is 32.2. The molecule has 2 aromatic rings. The van der Waals surface area contributed by atoms with E-state index in [1.807, 2.05) is 12.1 Å². The van der Waals surface area contributed by atoms with Crippen molar-refractivity contribution in [1.82, 2.24) is 0 Å². The number of nitrogens with two attached hydrogens (primary N) is 1. The summed E-state index contributed by atoms with van der Waals surface area (Å²) in [4.78, 5) is 14.5. The number of benzene rings is 2. The number of fused-ring (bicyclic) bond motifs is 3. The van der Waals surface area contributed by atoms with Gasteiger partial charge in [-0.1, -0.05) is 50.6 Å². The Hall–Kier alpha value is -2.37. The second-order valence-corrected chi connectivity index (χ2v) is 23.5. The Bertz CT molecular complexity index is 1710. The molecule has 4 aliphatic rings. The van der Waals surface area contributed by atoms with Gasteiger partial charge in [0, 0.05) is 23.5 Å². The molecule has 6 atom stereocenters. The highest BCUT2D eigenvalue weighted by Gasteiger charge is 2.47. The molecule has 6 rings (SSSR count). The topological polar surface area (TPSA) is 119 Å². The summed E-state index contributed by atoms with van der Waals surface area (Å²) in [5.74, 6) is 0.638. The van der Waals surface area contributed by atoms with Gasteiger partial charge in [0.05, 0.1) is 29.7 Å². The third kappa shape index (κ3) is 7.78. The molecule has 1 heterocycles. The van der Waals surface area contributed by atoms with Gasteiger partial charge < -0.3 is 19.2 Å². The number of hydrogen-bond acceptors (Lipinski definition) is 6. The number of sulfonamides is 1. The monoisotopic (exact) mass is 728 g/mol. The summed E-state index contributed by atoms with van der Waals surface area (Å²) in [6.07, 6.45) is 11.3. The summed E-state index contributed by atoms with van der Waals surface area (Å²) in [6, 6.07) is 11.5. The van der Waals surface area contributed by atoms with Crippen LogP contribution in [0.1, 0.15) is 80.8 Å². The van der Waals surface area contributed by atoms with Gasteiger partial charge in [-0.2, -0.15) is 0 Å². The van der Waals surface area contributed by atoms with Crippen molar-refractivity contribution in [2.75, 3.05) is 30.3 Å². The molecule has 11 heteroatoms. The maximum absolute atomic E-state index is 12.1. The molecule has 49 heavy (non-hydrogen) atoms.